The molecule has 3 nitrogen and oxygen atoms in total. The molecule has 0 aliphatic carbocycles. The molecule has 0 spiro atoms. The van der Waals surface area contributed by atoms with Gasteiger partial charge in [-0.3, -0.25) is 4.79 Å². The normalized spacial score (nSPS) is 9.62. The van der Waals surface area contributed by atoms with E-state index in [1.807, 2.05) is 6.07 Å². The largest absolute Gasteiger partial charge is 0.483 e. The number of rotatable bonds is 4. The molecule has 70 valence electrons. The van der Waals surface area contributed by atoms with E-state index in [1.54, 1.807) is 18.2 Å². The molecule has 1 aromatic carbocycles. The molecule has 0 saturated carbocycles. The van der Waals surface area contributed by atoms with Crippen LogP contribution in [0.25, 0.3) is 0 Å². The van der Waals surface area contributed by atoms with Crippen LogP contribution in [0.1, 0.15) is 5.56 Å². The van der Waals surface area contributed by atoms with E-state index in [-0.39, 0.29) is 6.42 Å². The first-order valence-electron chi connectivity index (χ1n) is 3.72. The fraction of sp³-hybridized carbons (Fsp3) is 0.222. The van der Waals surface area contributed by atoms with Crippen LogP contribution < -0.4 is 4.74 Å². The van der Waals surface area contributed by atoms with Gasteiger partial charge in [0.25, 0.3) is 0 Å². The summed E-state index contributed by atoms with van der Waals surface area (Å²) < 4.78 is 5.79. The van der Waals surface area contributed by atoms with Crippen molar-refractivity contribution in [3.05, 3.63) is 29.8 Å². The van der Waals surface area contributed by atoms with E-state index in [0.29, 0.717) is 10.4 Å². The summed E-state index contributed by atoms with van der Waals surface area (Å²) in [6.45, 7) is 0. The van der Waals surface area contributed by atoms with Gasteiger partial charge in [-0.25, -0.2) is 0 Å². The van der Waals surface area contributed by atoms with Gasteiger partial charge < -0.3 is 9.84 Å². The Labute approximate surface area is 89.9 Å². The molecule has 0 saturated heterocycles. The molecule has 0 aromatic heterocycles. The highest BCUT2D eigenvalue weighted by molar-refractivity contribution is 14.1. The maximum Gasteiger partial charge on any atom is 0.307 e. The third kappa shape index (κ3) is 3.63. The zero-order valence-electron chi connectivity index (χ0n) is 6.87. The molecule has 4 heteroatoms. The van der Waals surface area contributed by atoms with E-state index in [0.717, 1.165) is 5.56 Å². The highest BCUT2D eigenvalue weighted by Crippen LogP contribution is 2.14. The second kappa shape index (κ2) is 5.06. The van der Waals surface area contributed by atoms with E-state index in [9.17, 15) is 4.79 Å². The molecule has 0 aliphatic heterocycles. The Bertz CT molecular complexity index is 299. The van der Waals surface area contributed by atoms with Crippen LogP contribution in [0, 0.1) is 0 Å². The molecule has 0 radical (unpaired) electrons. The van der Waals surface area contributed by atoms with Gasteiger partial charge in [-0.1, -0.05) is 12.1 Å². The molecule has 1 N–H and O–H groups in total. The van der Waals surface area contributed by atoms with Gasteiger partial charge in [-0.05, 0) is 40.3 Å². The summed E-state index contributed by atoms with van der Waals surface area (Å²) in [5.74, 6) is -0.111. The molecule has 0 atom stereocenters. The van der Waals surface area contributed by atoms with Crippen LogP contribution >= 0.6 is 22.6 Å². The minimum Gasteiger partial charge on any atom is -0.483 e. The van der Waals surface area contributed by atoms with E-state index in [4.69, 9.17) is 9.84 Å². The van der Waals surface area contributed by atoms with Crippen molar-refractivity contribution in [2.75, 3.05) is 4.61 Å². The minimum atomic E-state index is -0.827. The number of carboxylic acid groups (broad SMARTS) is 1. The van der Waals surface area contributed by atoms with E-state index in [2.05, 4.69) is 22.6 Å². The lowest BCUT2D eigenvalue weighted by molar-refractivity contribution is -0.136. The summed E-state index contributed by atoms with van der Waals surface area (Å²) in [6.07, 6.45) is 0.0401. The monoisotopic (exact) mass is 292 g/mol. The molecule has 1 aromatic rings. The van der Waals surface area contributed by atoms with Crippen LogP contribution in [-0.2, 0) is 11.2 Å². The maximum atomic E-state index is 10.4. The van der Waals surface area contributed by atoms with Gasteiger partial charge in [-0.2, -0.15) is 0 Å². The van der Waals surface area contributed by atoms with Crippen LogP contribution in [0.15, 0.2) is 24.3 Å². The van der Waals surface area contributed by atoms with Crippen LogP contribution in [0.3, 0.4) is 0 Å². The first kappa shape index (κ1) is 10.3. The molecular weight excluding hydrogens is 283 g/mol. The number of benzene rings is 1. The van der Waals surface area contributed by atoms with Crippen LogP contribution in [-0.4, -0.2) is 15.7 Å². The van der Waals surface area contributed by atoms with Gasteiger partial charge in [0, 0.05) is 0 Å². The smallest absolute Gasteiger partial charge is 0.307 e. The molecular formula is C9H9IO3. The molecule has 0 fully saturated rings. The molecule has 0 bridgehead atoms. The van der Waals surface area contributed by atoms with Crippen molar-refractivity contribution in [1.82, 2.24) is 0 Å². The summed E-state index contributed by atoms with van der Waals surface area (Å²) >= 11 is 2.09. The lowest BCUT2D eigenvalue weighted by Crippen LogP contribution is -2.00. The van der Waals surface area contributed by atoms with Crippen LogP contribution in [0.4, 0.5) is 0 Å². The van der Waals surface area contributed by atoms with Gasteiger partial charge in [0.15, 0.2) is 0 Å². The molecule has 0 amide bonds. The van der Waals surface area contributed by atoms with Crippen LogP contribution in [0.2, 0.25) is 0 Å². The van der Waals surface area contributed by atoms with E-state index >= 15 is 0 Å². The van der Waals surface area contributed by atoms with E-state index in [1.165, 1.54) is 0 Å². The number of carboxylic acids is 1. The molecule has 0 unspecified atom stereocenters. The topological polar surface area (TPSA) is 46.5 Å². The Hall–Kier alpha value is -0.780. The molecule has 0 aliphatic rings. The predicted molar refractivity (Wildman–Crippen MR) is 57.3 cm³/mol. The number of hydrogen-bond donors (Lipinski definition) is 1. The Morgan fingerprint density at radius 3 is 2.92 bits per heavy atom. The predicted octanol–water partition coefficient (Wildman–Crippen LogP) is 2.08. The fourth-order valence-electron chi connectivity index (χ4n) is 0.983. The second-order valence-corrected chi connectivity index (χ2v) is 3.09. The average molecular weight is 292 g/mol. The van der Waals surface area contributed by atoms with Crippen molar-refractivity contribution < 1.29 is 14.6 Å². The molecule has 1 rings (SSSR count). The van der Waals surface area contributed by atoms with Gasteiger partial charge in [-0.15, -0.1) is 0 Å². The lowest BCUT2D eigenvalue weighted by atomic mass is 10.1. The summed E-state index contributed by atoms with van der Waals surface area (Å²) in [5, 5.41) is 8.55. The quantitative estimate of drug-likeness (QED) is 0.682. The zero-order valence-corrected chi connectivity index (χ0v) is 9.02. The Kier molecular flexibility index (Phi) is 4.01. The molecule has 13 heavy (non-hydrogen) atoms. The standard InChI is InChI=1S/C9H9IO3/c10-6-13-8-3-1-2-7(4-8)5-9(11)12/h1-4H,5-6H2,(H,11,12). The van der Waals surface area contributed by atoms with Crippen molar-refractivity contribution in [1.29, 1.82) is 0 Å². The summed E-state index contributed by atoms with van der Waals surface area (Å²) in [5.41, 5.74) is 0.759. The zero-order chi connectivity index (χ0) is 9.68. The minimum absolute atomic E-state index is 0.0401. The van der Waals surface area contributed by atoms with Crippen molar-refractivity contribution >= 4 is 28.6 Å². The average Bonchev–Trinajstić information content (AvgIpc) is 2.04. The molecule has 0 heterocycles. The van der Waals surface area contributed by atoms with Crippen molar-refractivity contribution in [2.45, 2.75) is 6.42 Å². The highest BCUT2D eigenvalue weighted by atomic mass is 127. The summed E-state index contributed by atoms with van der Waals surface area (Å²) in [6, 6.07) is 7.12. The van der Waals surface area contributed by atoms with Gasteiger partial charge in [0.05, 0.1) is 6.42 Å². The maximum absolute atomic E-state index is 10.4. The van der Waals surface area contributed by atoms with Crippen molar-refractivity contribution in [2.24, 2.45) is 0 Å². The number of carbonyl (C=O) groups is 1. The second-order valence-electron chi connectivity index (χ2n) is 2.47. The first-order chi connectivity index (χ1) is 6.22. The van der Waals surface area contributed by atoms with Crippen LogP contribution in [0.5, 0.6) is 5.75 Å². The lowest BCUT2D eigenvalue weighted by Gasteiger charge is -2.03. The fourth-order valence-corrected chi connectivity index (χ4v) is 1.34. The number of hydrogen-bond acceptors (Lipinski definition) is 2. The third-order valence-electron chi connectivity index (χ3n) is 1.48. The Morgan fingerprint density at radius 2 is 2.31 bits per heavy atom. The van der Waals surface area contributed by atoms with Gasteiger partial charge in [0.1, 0.15) is 10.4 Å². The van der Waals surface area contributed by atoms with Crippen molar-refractivity contribution in [3.8, 4) is 5.75 Å². The summed E-state index contributed by atoms with van der Waals surface area (Å²) in [7, 11) is 0. The van der Waals surface area contributed by atoms with Gasteiger partial charge >= 0.3 is 5.97 Å². The Morgan fingerprint density at radius 1 is 1.54 bits per heavy atom. The Balaban J connectivity index is 2.73. The number of ether oxygens (including phenoxy) is 1. The number of halogens is 1. The van der Waals surface area contributed by atoms with Gasteiger partial charge in [0.2, 0.25) is 0 Å². The van der Waals surface area contributed by atoms with E-state index < -0.39 is 5.97 Å². The summed E-state index contributed by atoms with van der Waals surface area (Å²) in [4.78, 5) is 10.4. The third-order valence-corrected chi connectivity index (χ3v) is 1.79. The van der Waals surface area contributed by atoms with Crippen molar-refractivity contribution in [3.63, 3.8) is 0 Å². The SMILES string of the molecule is O=C(O)Cc1cccc(OCI)c1. The highest BCUT2D eigenvalue weighted by Gasteiger charge is 2.01. The first-order valence-corrected chi connectivity index (χ1v) is 5.24. The number of alkyl halides is 1. The number of aliphatic carboxylic acids is 1.